The van der Waals surface area contributed by atoms with E-state index in [9.17, 15) is 4.79 Å². The fourth-order valence-corrected chi connectivity index (χ4v) is 2.73. The van der Waals surface area contributed by atoms with Gasteiger partial charge in [0, 0.05) is 36.9 Å². The molecule has 6 heteroatoms. The van der Waals surface area contributed by atoms with Crippen LogP contribution in [0.15, 0.2) is 18.2 Å². The molecule has 22 heavy (non-hydrogen) atoms. The molecule has 0 aromatic heterocycles. The van der Waals surface area contributed by atoms with Gasteiger partial charge in [0.15, 0.2) is 0 Å². The summed E-state index contributed by atoms with van der Waals surface area (Å²) in [5, 5.41) is 3.69. The highest BCUT2D eigenvalue weighted by molar-refractivity contribution is 6.30. The molecule has 5 nitrogen and oxygen atoms in total. The zero-order valence-electron chi connectivity index (χ0n) is 13.1. The molecular weight excluding hydrogens is 304 g/mol. The van der Waals surface area contributed by atoms with E-state index in [1.165, 1.54) is 0 Å². The van der Waals surface area contributed by atoms with Crippen LogP contribution in [0.1, 0.15) is 24.8 Å². The van der Waals surface area contributed by atoms with Gasteiger partial charge in [0.25, 0.3) is 0 Å². The highest BCUT2D eigenvalue weighted by atomic mass is 35.5. The van der Waals surface area contributed by atoms with Crippen LogP contribution in [-0.2, 0) is 11.3 Å². The molecular formula is C16H23ClN2O3. The molecule has 1 saturated heterocycles. The van der Waals surface area contributed by atoms with Gasteiger partial charge in [-0.25, -0.2) is 4.79 Å². The predicted octanol–water partition coefficient (Wildman–Crippen LogP) is 3.06. The summed E-state index contributed by atoms with van der Waals surface area (Å²) in [7, 11) is 3.38. The van der Waals surface area contributed by atoms with Crippen LogP contribution in [0, 0.1) is 0 Å². The number of amides is 2. The first-order chi connectivity index (χ1) is 10.6. The number of nitrogens with one attached hydrogen (secondary N) is 1. The number of carbonyl (C=O) groups excluding carboxylic acids is 1. The SMILES string of the molecule is COc1ccc(Cl)cc1CN(C)C(=O)NC1CCCOCC1. The van der Waals surface area contributed by atoms with Crippen LogP contribution in [0.2, 0.25) is 5.02 Å². The number of methoxy groups -OCH3 is 1. The van der Waals surface area contributed by atoms with Gasteiger partial charge in [0.2, 0.25) is 0 Å². The smallest absolute Gasteiger partial charge is 0.317 e. The van der Waals surface area contributed by atoms with Crippen molar-refractivity contribution in [2.24, 2.45) is 0 Å². The number of rotatable bonds is 4. The Morgan fingerprint density at radius 3 is 3.05 bits per heavy atom. The summed E-state index contributed by atoms with van der Waals surface area (Å²) in [6.45, 7) is 1.93. The second-order valence-electron chi connectivity index (χ2n) is 5.50. The highest BCUT2D eigenvalue weighted by Gasteiger charge is 2.18. The number of ether oxygens (including phenoxy) is 2. The summed E-state index contributed by atoms with van der Waals surface area (Å²) in [6, 6.07) is 5.50. The fourth-order valence-electron chi connectivity index (χ4n) is 2.53. The molecule has 1 N–H and O–H groups in total. The molecule has 1 aliphatic heterocycles. The Balaban J connectivity index is 1.94. The average Bonchev–Trinajstić information content (AvgIpc) is 2.76. The van der Waals surface area contributed by atoms with E-state index in [0.29, 0.717) is 18.2 Å². The second-order valence-corrected chi connectivity index (χ2v) is 5.94. The monoisotopic (exact) mass is 326 g/mol. The van der Waals surface area contributed by atoms with Crippen molar-refractivity contribution in [3.05, 3.63) is 28.8 Å². The Kier molecular flexibility index (Phi) is 6.34. The van der Waals surface area contributed by atoms with E-state index in [0.717, 1.165) is 37.2 Å². The molecule has 0 radical (unpaired) electrons. The minimum absolute atomic E-state index is 0.0890. The van der Waals surface area contributed by atoms with E-state index >= 15 is 0 Å². The normalized spacial score (nSPS) is 18.4. The van der Waals surface area contributed by atoms with Crippen molar-refractivity contribution < 1.29 is 14.3 Å². The number of hydrogen-bond acceptors (Lipinski definition) is 3. The molecule has 1 aromatic rings. The lowest BCUT2D eigenvalue weighted by Gasteiger charge is -2.23. The maximum atomic E-state index is 12.3. The van der Waals surface area contributed by atoms with Crippen LogP contribution < -0.4 is 10.1 Å². The van der Waals surface area contributed by atoms with E-state index in [4.69, 9.17) is 21.1 Å². The summed E-state index contributed by atoms with van der Waals surface area (Å²) < 4.78 is 10.7. The lowest BCUT2D eigenvalue weighted by molar-refractivity contribution is 0.142. The van der Waals surface area contributed by atoms with E-state index in [-0.39, 0.29) is 12.1 Å². The highest BCUT2D eigenvalue weighted by Crippen LogP contribution is 2.23. The molecule has 0 bridgehead atoms. The van der Waals surface area contributed by atoms with Crippen LogP contribution in [0.4, 0.5) is 4.79 Å². The molecule has 2 rings (SSSR count). The first-order valence-electron chi connectivity index (χ1n) is 7.52. The molecule has 1 aromatic carbocycles. The van der Waals surface area contributed by atoms with Crippen molar-refractivity contribution in [3.63, 3.8) is 0 Å². The third kappa shape index (κ3) is 4.78. The maximum absolute atomic E-state index is 12.3. The first kappa shape index (κ1) is 16.9. The van der Waals surface area contributed by atoms with Gasteiger partial charge in [-0.1, -0.05) is 11.6 Å². The standard InChI is InChI=1S/C16H23ClN2O3/c1-19(11-12-10-13(17)5-6-15(12)21-2)16(20)18-14-4-3-8-22-9-7-14/h5-6,10,14H,3-4,7-9,11H2,1-2H3,(H,18,20). The first-order valence-corrected chi connectivity index (χ1v) is 7.89. The van der Waals surface area contributed by atoms with Crippen LogP contribution in [0.5, 0.6) is 5.75 Å². The molecule has 0 aliphatic carbocycles. The molecule has 122 valence electrons. The van der Waals surface area contributed by atoms with E-state index in [1.807, 2.05) is 12.1 Å². The summed E-state index contributed by atoms with van der Waals surface area (Å²) >= 11 is 6.02. The number of urea groups is 1. The largest absolute Gasteiger partial charge is 0.496 e. The van der Waals surface area contributed by atoms with Crippen LogP contribution in [0.25, 0.3) is 0 Å². The molecule has 2 amide bonds. The zero-order valence-corrected chi connectivity index (χ0v) is 13.9. The van der Waals surface area contributed by atoms with Crippen molar-refractivity contribution in [2.45, 2.75) is 31.8 Å². The Labute approximate surface area is 136 Å². The van der Waals surface area contributed by atoms with Crippen molar-refractivity contribution >= 4 is 17.6 Å². The predicted molar refractivity (Wildman–Crippen MR) is 86.5 cm³/mol. The number of halogens is 1. The van der Waals surface area contributed by atoms with Gasteiger partial charge in [0.05, 0.1) is 13.7 Å². The van der Waals surface area contributed by atoms with Gasteiger partial charge >= 0.3 is 6.03 Å². The third-order valence-electron chi connectivity index (χ3n) is 3.78. The average molecular weight is 327 g/mol. The lowest BCUT2D eigenvalue weighted by Crippen LogP contribution is -2.42. The minimum atomic E-state index is -0.0890. The zero-order chi connectivity index (χ0) is 15.9. The van der Waals surface area contributed by atoms with Gasteiger partial charge in [-0.2, -0.15) is 0 Å². The molecule has 0 spiro atoms. The van der Waals surface area contributed by atoms with Crippen LogP contribution in [-0.4, -0.2) is 44.3 Å². The summed E-state index contributed by atoms with van der Waals surface area (Å²) in [4.78, 5) is 14.0. The quantitative estimate of drug-likeness (QED) is 0.925. The molecule has 0 saturated carbocycles. The van der Waals surface area contributed by atoms with Gasteiger partial charge in [-0.15, -0.1) is 0 Å². The van der Waals surface area contributed by atoms with Gasteiger partial charge in [-0.05, 0) is 37.5 Å². The van der Waals surface area contributed by atoms with Gasteiger partial charge in [0.1, 0.15) is 5.75 Å². The lowest BCUT2D eigenvalue weighted by atomic mass is 10.1. The van der Waals surface area contributed by atoms with Gasteiger partial charge < -0.3 is 19.7 Å². The van der Waals surface area contributed by atoms with Crippen molar-refractivity contribution in [3.8, 4) is 5.75 Å². The number of hydrogen-bond donors (Lipinski definition) is 1. The molecule has 1 aliphatic rings. The van der Waals surface area contributed by atoms with Crippen molar-refractivity contribution in [2.75, 3.05) is 27.4 Å². The molecule has 1 fully saturated rings. The molecule has 1 heterocycles. The molecule has 1 unspecified atom stereocenters. The second kappa shape index (κ2) is 8.25. The fraction of sp³-hybridized carbons (Fsp3) is 0.562. The summed E-state index contributed by atoms with van der Waals surface area (Å²) in [5.74, 6) is 0.729. The topological polar surface area (TPSA) is 50.8 Å². The molecule has 1 atom stereocenters. The number of carbonyl (C=O) groups is 1. The van der Waals surface area contributed by atoms with Crippen LogP contribution in [0.3, 0.4) is 0 Å². The van der Waals surface area contributed by atoms with E-state index < -0.39 is 0 Å². The Bertz CT molecular complexity index is 502. The number of nitrogens with zero attached hydrogens (tertiary/aromatic N) is 1. The van der Waals surface area contributed by atoms with Crippen molar-refractivity contribution in [1.82, 2.24) is 10.2 Å². The minimum Gasteiger partial charge on any atom is -0.496 e. The number of benzene rings is 1. The third-order valence-corrected chi connectivity index (χ3v) is 4.01. The van der Waals surface area contributed by atoms with Crippen LogP contribution >= 0.6 is 11.6 Å². The van der Waals surface area contributed by atoms with E-state index in [2.05, 4.69) is 5.32 Å². The Hall–Kier alpha value is -1.46. The van der Waals surface area contributed by atoms with Crippen molar-refractivity contribution in [1.29, 1.82) is 0 Å². The summed E-state index contributed by atoms with van der Waals surface area (Å²) in [6.07, 6.45) is 2.80. The summed E-state index contributed by atoms with van der Waals surface area (Å²) in [5.41, 5.74) is 0.886. The maximum Gasteiger partial charge on any atom is 0.317 e. The Morgan fingerprint density at radius 2 is 2.27 bits per heavy atom. The van der Waals surface area contributed by atoms with Gasteiger partial charge in [-0.3, -0.25) is 0 Å². The Morgan fingerprint density at radius 1 is 1.45 bits per heavy atom. The van der Waals surface area contributed by atoms with E-state index in [1.54, 1.807) is 25.1 Å².